The van der Waals surface area contributed by atoms with Crippen LogP contribution < -0.4 is 5.32 Å². The van der Waals surface area contributed by atoms with Crippen LogP contribution in [0.4, 0.5) is 0 Å². The summed E-state index contributed by atoms with van der Waals surface area (Å²) >= 11 is 0. The SMILES string of the molecule is CC1(C)OC2=C(CN=[N+]=[N-])OC[C@]2(CNC(=O)c2ccnnc2)O1. The highest BCUT2D eigenvalue weighted by Gasteiger charge is 2.56. The number of hydrogen-bond acceptors (Lipinski definition) is 7. The molecule has 2 aliphatic rings. The lowest BCUT2D eigenvalue weighted by Gasteiger charge is -2.24. The molecule has 1 amide bonds. The Morgan fingerprint density at radius 1 is 1.50 bits per heavy atom. The Bertz CT molecular complexity index is 728. The van der Waals surface area contributed by atoms with Gasteiger partial charge in [0.05, 0.1) is 31.0 Å². The summed E-state index contributed by atoms with van der Waals surface area (Å²) in [6.07, 6.45) is 2.81. The fourth-order valence-electron chi connectivity index (χ4n) is 2.68. The van der Waals surface area contributed by atoms with Crippen LogP contribution >= 0.6 is 0 Å². The predicted octanol–water partition coefficient (Wildman–Crippen LogP) is 1.28. The molecule has 1 aromatic heterocycles. The summed E-state index contributed by atoms with van der Waals surface area (Å²) in [5, 5.41) is 13.6. The minimum Gasteiger partial charge on any atom is -0.491 e. The Balaban J connectivity index is 1.78. The number of azide groups is 1. The van der Waals surface area contributed by atoms with Crippen LogP contribution in [0.15, 0.2) is 35.1 Å². The van der Waals surface area contributed by atoms with Crippen molar-refractivity contribution in [1.29, 1.82) is 0 Å². The number of rotatable bonds is 5. The Kier molecular flexibility index (Phi) is 4.00. The van der Waals surface area contributed by atoms with E-state index in [2.05, 4.69) is 25.5 Å². The molecule has 1 saturated heterocycles. The second-order valence-corrected chi connectivity index (χ2v) is 5.84. The quantitative estimate of drug-likeness (QED) is 0.491. The van der Waals surface area contributed by atoms with E-state index in [1.54, 1.807) is 19.9 Å². The standard InChI is InChI=1S/C14H16N6O4/c1-13(2)23-11-10(6-19-20-15)22-8-14(11,24-13)7-16-12(21)9-3-4-17-18-5-9/h3-5H,6-8H2,1-2H3,(H,16,21)/t14-/m0/s1. The number of amides is 1. The van der Waals surface area contributed by atoms with Crippen molar-refractivity contribution in [3.05, 3.63) is 46.0 Å². The van der Waals surface area contributed by atoms with Crippen LogP contribution in [-0.4, -0.2) is 47.2 Å². The van der Waals surface area contributed by atoms with Crippen LogP contribution in [0.5, 0.6) is 0 Å². The summed E-state index contributed by atoms with van der Waals surface area (Å²) in [5.74, 6) is -0.314. The fraction of sp³-hybridized carbons (Fsp3) is 0.500. The van der Waals surface area contributed by atoms with E-state index in [4.69, 9.17) is 19.7 Å². The molecule has 0 spiro atoms. The van der Waals surface area contributed by atoms with Gasteiger partial charge in [0.2, 0.25) is 5.79 Å². The molecular weight excluding hydrogens is 316 g/mol. The van der Waals surface area contributed by atoms with Gasteiger partial charge in [-0.1, -0.05) is 5.11 Å². The zero-order chi connectivity index (χ0) is 17.2. The smallest absolute Gasteiger partial charge is 0.253 e. The van der Waals surface area contributed by atoms with Crippen LogP contribution in [-0.2, 0) is 14.2 Å². The van der Waals surface area contributed by atoms with Gasteiger partial charge in [-0.2, -0.15) is 10.2 Å². The first-order valence-electron chi connectivity index (χ1n) is 7.27. The maximum absolute atomic E-state index is 12.2. The molecule has 0 aromatic carbocycles. The van der Waals surface area contributed by atoms with Gasteiger partial charge in [0.15, 0.2) is 11.4 Å². The van der Waals surface area contributed by atoms with Gasteiger partial charge in [-0.15, -0.1) is 0 Å². The number of carbonyl (C=O) groups is 1. The largest absolute Gasteiger partial charge is 0.491 e. The van der Waals surface area contributed by atoms with Gasteiger partial charge < -0.3 is 19.5 Å². The predicted molar refractivity (Wildman–Crippen MR) is 80.3 cm³/mol. The summed E-state index contributed by atoms with van der Waals surface area (Å²) in [4.78, 5) is 14.9. The van der Waals surface area contributed by atoms with Crippen LogP contribution in [0, 0.1) is 0 Å². The van der Waals surface area contributed by atoms with E-state index in [9.17, 15) is 4.79 Å². The number of nitrogens with zero attached hydrogens (tertiary/aromatic N) is 5. The van der Waals surface area contributed by atoms with Crippen molar-refractivity contribution in [3.63, 3.8) is 0 Å². The summed E-state index contributed by atoms with van der Waals surface area (Å²) in [7, 11) is 0. The van der Waals surface area contributed by atoms with Crippen LogP contribution in [0.1, 0.15) is 24.2 Å². The van der Waals surface area contributed by atoms with Gasteiger partial charge in [0, 0.05) is 18.8 Å². The Morgan fingerprint density at radius 2 is 2.33 bits per heavy atom. The van der Waals surface area contributed by atoms with Crippen molar-refractivity contribution in [2.24, 2.45) is 5.11 Å². The monoisotopic (exact) mass is 332 g/mol. The molecule has 1 atom stereocenters. The minimum absolute atomic E-state index is 0.0231. The molecule has 10 heteroatoms. The van der Waals surface area contributed by atoms with Gasteiger partial charge in [0.25, 0.3) is 5.91 Å². The summed E-state index contributed by atoms with van der Waals surface area (Å²) in [6, 6.07) is 1.56. The van der Waals surface area contributed by atoms with Crippen molar-refractivity contribution in [3.8, 4) is 0 Å². The number of nitrogens with one attached hydrogen (secondary N) is 1. The molecule has 3 rings (SSSR count). The fourth-order valence-corrected chi connectivity index (χ4v) is 2.68. The topological polar surface area (TPSA) is 131 Å². The molecule has 0 aliphatic carbocycles. The molecule has 1 fully saturated rings. The maximum atomic E-state index is 12.2. The molecule has 10 nitrogen and oxygen atoms in total. The molecule has 1 aromatic rings. The van der Waals surface area contributed by atoms with Crippen molar-refractivity contribution >= 4 is 5.91 Å². The zero-order valence-electron chi connectivity index (χ0n) is 13.2. The van der Waals surface area contributed by atoms with Crippen LogP contribution in [0.25, 0.3) is 10.4 Å². The average molecular weight is 332 g/mol. The number of carbonyl (C=O) groups excluding carboxylic acids is 1. The third kappa shape index (κ3) is 2.97. The van der Waals surface area contributed by atoms with Crippen molar-refractivity contribution in [2.75, 3.05) is 19.7 Å². The van der Waals surface area contributed by atoms with Gasteiger partial charge in [-0.3, -0.25) is 4.79 Å². The minimum atomic E-state index is -0.945. The summed E-state index contributed by atoms with van der Waals surface area (Å²) in [6.45, 7) is 3.86. The molecule has 3 heterocycles. The first-order valence-corrected chi connectivity index (χ1v) is 7.27. The van der Waals surface area contributed by atoms with Gasteiger partial charge in [-0.05, 0) is 11.6 Å². The lowest BCUT2D eigenvalue weighted by molar-refractivity contribution is -0.170. The zero-order valence-corrected chi connectivity index (χ0v) is 13.2. The third-order valence-electron chi connectivity index (χ3n) is 3.59. The molecule has 1 N–H and O–H groups in total. The molecule has 0 radical (unpaired) electrons. The van der Waals surface area contributed by atoms with Crippen LogP contribution in [0.3, 0.4) is 0 Å². The van der Waals surface area contributed by atoms with Crippen molar-refractivity contribution in [1.82, 2.24) is 15.5 Å². The molecule has 24 heavy (non-hydrogen) atoms. The van der Waals surface area contributed by atoms with E-state index in [-0.39, 0.29) is 25.6 Å². The van der Waals surface area contributed by atoms with Crippen molar-refractivity contribution < 1.29 is 19.0 Å². The van der Waals surface area contributed by atoms with Crippen LogP contribution in [0.2, 0.25) is 0 Å². The van der Waals surface area contributed by atoms with Gasteiger partial charge in [0.1, 0.15) is 12.4 Å². The highest BCUT2D eigenvalue weighted by molar-refractivity contribution is 5.93. The Morgan fingerprint density at radius 3 is 3.04 bits per heavy atom. The highest BCUT2D eigenvalue weighted by Crippen LogP contribution is 2.45. The molecule has 0 unspecified atom stereocenters. The summed E-state index contributed by atoms with van der Waals surface area (Å²) in [5.41, 5.74) is 7.92. The molecular formula is C14H16N6O4. The van der Waals surface area contributed by atoms with Gasteiger partial charge in [-0.25, -0.2) is 0 Å². The number of aromatic nitrogens is 2. The molecule has 2 aliphatic heterocycles. The second-order valence-electron chi connectivity index (χ2n) is 5.84. The summed E-state index contributed by atoms with van der Waals surface area (Å²) < 4.78 is 17.3. The van der Waals surface area contributed by atoms with Gasteiger partial charge >= 0.3 is 0 Å². The lowest BCUT2D eigenvalue weighted by atomic mass is 10.0. The Hall–Kier alpha value is -2.84. The van der Waals surface area contributed by atoms with E-state index in [0.29, 0.717) is 17.1 Å². The number of hydrogen-bond donors (Lipinski definition) is 1. The Labute approximate surface area is 137 Å². The molecule has 0 bridgehead atoms. The number of ether oxygens (including phenoxy) is 3. The molecule has 0 saturated carbocycles. The molecule has 126 valence electrons. The highest BCUT2D eigenvalue weighted by atomic mass is 16.8. The normalized spacial score (nSPS) is 23.8. The van der Waals surface area contributed by atoms with E-state index in [0.717, 1.165) is 0 Å². The first-order chi connectivity index (χ1) is 11.5. The average Bonchev–Trinajstić information content (AvgIpc) is 3.02. The van der Waals surface area contributed by atoms with E-state index < -0.39 is 11.4 Å². The van der Waals surface area contributed by atoms with E-state index in [1.165, 1.54) is 12.4 Å². The second kappa shape index (κ2) is 5.99. The lowest BCUT2D eigenvalue weighted by Crippen LogP contribution is -2.46. The van der Waals surface area contributed by atoms with E-state index >= 15 is 0 Å². The van der Waals surface area contributed by atoms with E-state index in [1.807, 2.05) is 0 Å². The number of fused-ring (bicyclic) bond motifs is 1. The third-order valence-corrected chi connectivity index (χ3v) is 3.59. The maximum Gasteiger partial charge on any atom is 0.253 e. The van der Waals surface area contributed by atoms with Crippen molar-refractivity contribution in [2.45, 2.75) is 25.2 Å². The first kappa shape index (κ1) is 16.0.